The third-order valence-corrected chi connectivity index (χ3v) is 5.87. The molecule has 0 saturated heterocycles. The standard InChI is InChI=1S/C23H24O5/c1-3-23(4-2)18-11-15(27-13-14(25)12-24)9-10-16(18)21(26)20-17-7-5-6-8-19(17)28-22(20)23/h5-11,14,24-25H,3-4,12-13H2,1-2H3/t14-/m1/s1. The number of hydrogen-bond acceptors (Lipinski definition) is 5. The summed E-state index contributed by atoms with van der Waals surface area (Å²) in [6, 6.07) is 13.1. The van der Waals surface area contributed by atoms with E-state index in [1.807, 2.05) is 30.3 Å². The maximum atomic E-state index is 13.4. The van der Waals surface area contributed by atoms with Gasteiger partial charge in [0.1, 0.15) is 29.8 Å². The molecule has 0 saturated carbocycles. The molecule has 1 aromatic heterocycles. The number of carbonyl (C=O) groups is 1. The van der Waals surface area contributed by atoms with E-state index in [0.717, 1.165) is 35.1 Å². The van der Waals surface area contributed by atoms with Crippen molar-refractivity contribution in [2.75, 3.05) is 13.2 Å². The van der Waals surface area contributed by atoms with Crippen molar-refractivity contribution in [1.82, 2.24) is 0 Å². The lowest BCUT2D eigenvalue weighted by Crippen LogP contribution is -2.34. The third-order valence-electron chi connectivity index (χ3n) is 5.87. The summed E-state index contributed by atoms with van der Waals surface area (Å²) < 4.78 is 11.9. The Morgan fingerprint density at radius 1 is 1.14 bits per heavy atom. The summed E-state index contributed by atoms with van der Waals surface area (Å²) in [7, 11) is 0. The van der Waals surface area contributed by atoms with Gasteiger partial charge in [-0.05, 0) is 42.7 Å². The van der Waals surface area contributed by atoms with E-state index in [4.69, 9.17) is 14.3 Å². The van der Waals surface area contributed by atoms with Crippen LogP contribution in [0.3, 0.4) is 0 Å². The molecule has 0 radical (unpaired) electrons. The predicted molar refractivity (Wildman–Crippen MR) is 106 cm³/mol. The van der Waals surface area contributed by atoms with E-state index in [2.05, 4.69) is 13.8 Å². The zero-order valence-corrected chi connectivity index (χ0v) is 16.1. The van der Waals surface area contributed by atoms with E-state index in [9.17, 15) is 9.90 Å². The van der Waals surface area contributed by atoms with Gasteiger partial charge in [0.2, 0.25) is 0 Å². The van der Waals surface area contributed by atoms with E-state index in [1.54, 1.807) is 12.1 Å². The Balaban J connectivity index is 1.89. The molecule has 1 aliphatic carbocycles. The van der Waals surface area contributed by atoms with Crippen LogP contribution >= 0.6 is 0 Å². The highest BCUT2D eigenvalue weighted by molar-refractivity contribution is 6.19. The number of aliphatic hydroxyl groups excluding tert-OH is 2. The Bertz CT molecular complexity index is 1030. The van der Waals surface area contributed by atoms with Crippen LogP contribution in [0, 0.1) is 0 Å². The van der Waals surface area contributed by atoms with Gasteiger partial charge < -0.3 is 19.4 Å². The van der Waals surface area contributed by atoms with Gasteiger partial charge >= 0.3 is 0 Å². The Labute approximate surface area is 163 Å². The first kappa shape index (κ1) is 18.7. The maximum Gasteiger partial charge on any atom is 0.197 e. The molecule has 28 heavy (non-hydrogen) atoms. The summed E-state index contributed by atoms with van der Waals surface area (Å²) in [6.07, 6.45) is 0.611. The normalized spacial score (nSPS) is 15.9. The molecule has 0 unspecified atom stereocenters. The topological polar surface area (TPSA) is 79.9 Å². The summed E-state index contributed by atoms with van der Waals surface area (Å²) in [6.45, 7) is 3.83. The minimum absolute atomic E-state index is 0.00955. The molecule has 1 heterocycles. The zero-order chi connectivity index (χ0) is 19.9. The minimum atomic E-state index is -0.943. The molecule has 0 aliphatic heterocycles. The van der Waals surface area contributed by atoms with Crippen LogP contribution in [-0.4, -0.2) is 35.3 Å². The molecule has 0 amide bonds. The number of aliphatic hydroxyl groups is 2. The van der Waals surface area contributed by atoms with Crippen LogP contribution < -0.4 is 4.74 Å². The number of fused-ring (bicyclic) bond motifs is 4. The van der Waals surface area contributed by atoms with Crippen molar-refractivity contribution >= 4 is 16.8 Å². The smallest absolute Gasteiger partial charge is 0.197 e. The second-order valence-corrected chi connectivity index (χ2v) is 7.28. The number of carbonyl (C=O) groups excluding carboxylic acids is 1. The predicted octanol–water partition coefficient (Wildman–Crippen LogP) is 3.82. The highest BCUT2D eigenvalue weighted by Crippen LogP contribution is 2.50. The number of ether oxygens (including phenoxy) is 1. The van der Waals surface area contributed by atoms with Crippen LogP contribution in [0.5, 0.6) is 5.75 Å². The lowest BCUT2D eigenvalue weighted by molar-refractivity contribution is 0.0535. The van der Waals surface area contributed by atoms with Crippen LogP contribution in [-0.2, 0) is 5.41 Å². The summed E-state index contributed by atoms with van der Waals surface area (Å²) in [5.74, 6) is 1.25. The monoisotopic (exact) mass is 380 g/mol. The molecule has 2 N–H and O–H groups in total. The van der Waals surface area contributed by atoms with Gasteiger partial charge in [0.15, 0.2) is 5.78 Å². The largest absolute Gasteiger partial charge is 0.491 e. The second kappa shape index (κ2) is 7.08. The number of rotatable bonds is 6. The van der Waals surface area contributed by atoms with E-state index in [1.165, 1.54) is 0 Å². The van der Waals surface area contributed by atoms with E-state index < -0.39 is 11.5 Å². The van der Waals surface area contributed by atoms with Crippen LogP contribution in [0.1, 0.15) is 53.9 Å². The second-order valence-electron chi connectivity index (χ2n) is 7.28. The molecule has 5 heteroatoms. The molecule has 2 aromatic carbocycles. The summed E-state index contributed by atoms with van der Waals surface area (Å²) in [4.78, 5) is 13.4. The van der Waals surface area contributed by atoms with Gasteiger partial charge in [0.05, 0.1) is 17.6 Å². The zero-order valence-electron chi connectivity index (χ0n) is 16.1. The Morgan fingerprint density at radius 2 is 1.89 bits per heavy atom. The number of para-hydroxylation sites is 1. The van der Waals surface area contributed by atoms with Gasteiger partial charge in [0.25, 0.3) is 0 Å². The highest BCUT2D eigenvalue weighted by Gasteiger charge is 2.45. The van der Waals surface area contributed by atoms with Gasteiger partial charge in [-0.3, -0.25) is 4.79 Å². The molecular formula is C23H24O5. The first-order valence-corrected chi connectivity index (χ1v) is 9.68. The molecule has 4 rings (SSSR count). The van der Waals surface area contributed by atoms with Crippen LogP contribution in [0.4, 0.5) is 0 Å². The summed E-state index contributed by atoms with van der Waals surface area (Å²) >= 11 is 0. The van der Waals surface area contributed by atoms with Gasteiger partial charge in [0, 0.05) is 10.9 Å². The average molecular weight is 380 g/mol. The molecular weight excluding hydrogens is 356 g/mol. The summed E-state index contributed by atoms with van der Waals surface area (Å²) in [5, 5.41) is 19.4. The molecule has 0 spiro atoms. The average Bonchev–Trinajstić information content (AvgIpc) is 3.13. The van der Waals surface area contributed by atoms with E-state index in [-0.39, 0.29) is 19.0 Å². The fourth-order valence-electron chi connectivity index (χ4n) is 4.27. The van der Waals surface area contributed by atoms with E-state index >= 15 is 0 Å². The maximum absolute atomic E-state index is 13.4. The van der Waals surface area contributed by atoms with Crippen molar-refractivity contribution in [3.05, 3.63) is 64.9 Å². The first-order valence-electron chi connectivity index (χ1n) is 9.68. The summed E-state index contributed by atoms with van der Waals surface area (Å²) in [5.41, 5.74) is 2.52. The fraction of sp³-hybridized carbons (Fsp3) is 0.348. The lowest BCUT2D eigenvalue weighted by atomic mass is 9.66. The quantitative estimate of drug-likeness (QED) is 0.680. The highest BCUT2D eigenvalue weighted by atomic mass is 16.5. The van der Waals surface area contributed by atoms with Crippen LogP contribution in [0.2, 0.25) is 0 Å². The first-order chi connectivity index (χ1) is 13.6. The van der Waals surface area contributed by atoms with Gasteiger partial charge in [-0.15, -0.1) is 0 Å². The van der Waals surface area contributed by atoms with Gasteiger partial charge in [-0.1, -0.05) is 32.0 Å². The molecule has 3 aromatic rings. The molecule has 0 fully saturated rings. The number of hydrogen-bond donors (Lipinski definition) is 2. The van der Waals surface area contributed by atoms with E-state index in [0.29, 0.717) is 16.9 Å². The molecule has 0 bridgehead atoms. The minimum Gasteiger partial charge on any atom is -0.491 e. The van der Waals surface area contributed by atoms with Gasteiger partial charge in [-0.2, -0.15) is 0 Å². The van der Waals surface area contributed by atoms with Crippen molar-refractivity contribution in [2.45, 2.75) is 38.2 Å². The van der Waals surface area contributed by atoms with Crippen molar-refractivity contribution in [3.63, 3.8) is 0 Å². The lowest BCUT2D eigenvalue weighted by Gasteiger charge is -2.36. The molecule has 1 atom stereocenters. The SMILES string of the molecule is CCC1(CC)c2cc(OC[C@H](O)CO)ccc2C(=O)c2c1oc1ccccc21. The Morgan fingerprint density at radius 3 is 2.61 bits per heavy atom. The van der Waals surface area contributed by atoms with Crippen molar-refractivity contribution < 1.29 is 24.2 Å². The molecule has 146 valence electrons. The van der Waals surface area contributed by atoms with Crippen LogP contribution in [0.15, 0.2) is 46.9 Å². The van der Waals surface area contributed by atoms with Crippen LogP contribution in [0.25, 0.3) is 11.0 Å². The molecule has 5 nitrogen and oxygen atoms in total. The third kappa shape index (κ3) is 2.65. The Kier molecular flexibility index (Phi) is 4.73. The fourth-order valence-corrected chi connectivity index (χ4v) is 4.27. The number of ketones is 1. The van der Waals surface area contributed by atoms with Crippen molar-refractivity contribution in [3.8, 4) is 5.75 Å². The number of furan rings is 1. The van der Waals surface area contributed by atoms with Gasteiger partial charge in [-0.25, -0.2) is 0 Å². The molecule has 1 aliphatic rings. The number of benzene rings is 2. The van der Waals surface area contributed by atoms with Crippen molar-refractivity contribution in [2.24, 2.45) is 0 Å². The van der Waals surface area contributed by atoms with Crippen molar-refractivity contribution in [1.29, 1.82) is 0 Å². The Hall–Kier alpha value is -2.63.